The van der Waals surface area contributed by atoms with Gasteiger partial charge in [-0.05, 0) is 33.4 Å². The molecule has 1 spiro atoms. The van der Waals surface area contributed by atoms with E-state index in [4.69, 9.17) is 0 Å². The van der Waals surface area contributed by atoms with Gasteiger partial charge in [0.15, 0.2) is 0 Å². The van der Waals surface area contributed by atoms with Crippen LogP contribution in [0.4, 0.5) is 0 Å². The monoisotopic (exact) mass is 458 g/mol. The van der Waals surface area contributed by atoms with Gasteiger partial charge >= 0.3 is 0 Å². The van der Waals surface area contributed by atoms with E-state index in [1.54, 1.807) is 0 Å². The molecule has 4 aromatic rings. The summed E-state index contributed by atoms with van der Waals surface area (Å²) in [5.74, 6) is -0.237. The maximum Gasteiger partial charge on any atom is 0.245 e. The van der Waals surface area contributed by atoms with Crippen molar-refractivity contribution in [1.82, 2.24) is 9.80 Å². The smallest absolute Gasteiger partial charge is 0.245 e. The fourth-order valence-electron chi connectivity index (χ4n) is 5.67. The van der Waals surface area contributed by atoms with Crippen molar-refractivity contribution in [2.45, 2.75) is 24.9 Å². The number of carbonyl (C=O) groups is 2. The Hall–Kier alpha value is -4.02. The van der Waals surface area contributed by atoms with Crippen molar-refractivity contribution in [3.8, 4) is 11.1 Å². The van der Waals surface area contributed by atoms with Crippen LogP contribution in [0.25, 0.3) is 11.1 Å². The Balaban J connectivity index is 1.36. The summed E-state index contributed by atoms with van der Waals surface area (Å²) in [6.45, 7) is 1.55. The number of amides is 2. The predicted octanol–water partition coefficient (Wildman–Crippen LogP) is 5.37. The Kier molecular flexibility index (Phi) is 5.31. The maximum atomic E-state index is 14.2. The van der Waals surface area contributed by atoms with Gasteiger partial charge in [0.1, 0.15) is 5.41 Å². The first-order valence-electron chi connectivity index (χ1n) is 12.0. The van der Waals surface area contributed by atoms with Gasteiger partial charge in [-0.15, -0.1) is 0 Å². The van der Waals surface area contributed by atoms with E-state index in [1.165, 1.54) is 4.90 Å². The molecule has 0 atom stereocenters. The number of hydrogen-bond donors (Lipinski definition) is 0. The van der Waals surface area contributed by atoms with Crippen LogP contribution in [0.1, 0.15) is 28.7 Å². The molecular weight excluding hydrogens is 432 g/mol. The molecule has 6 rings (SSSR count). The van der Waals surface area contributed by atoms with Gasteiger partial charge in [-0.3, -0.25) is 19.4 Å². The molecule has 1 fully saturated rings. The minimum atomic E-state index is -0.935. The number of nitrogens with zero attached hydrogens (tertiary/aromatic N) is 2. The molecule has 4 aromatic carbocycles. The third-order valence-electron chi connectivity index (χ3n) is 7.23. The first-order valence-corrected chi connectivity index (χ1v) is 12.0. The molecule has 0 bridgehead atoms. The van der Waals surface area contributed by atoms with Crippen LogP contribution >= 0.6 is 0 Å². The molecule has 0 radical (unpaired) electrons. The first-order chi connectivity index (χ1) is 17.2. The third kappa shape index (κ3) is 3.58. The molecule has 4 heteroatoms. The summed E-state index contributed by atoms with van der Waals surface area (Å²) in [7, 11) is 0. The van der Waals surface area contributed by atoms with E-state index in [1.807, 2.05) is 72.8 Å². The van der Waals surface area contributed by atoms with Crippen LogP contribution < -0.4 is 0 Å². The summed E-state index contributed by atoms with van der Waals surface area (Å²) < 4.78 is 0. The molecule has 35 heavy (non-hydrogen) atoms. The molecule has 0 N–H and O–H groups in total. The lowest BCUT2D eigenvalue weighted by atomic mass is 9.77. The summed E-state index contributed by atoms with van der Waals surface area (Å²) in [6, 6.07) is 36.4. The molecule has 0 saturated carbocycles. The molecule has 1 aliphatic carbocycles. The fraction of sp³-hybridized carbons (Fsp3) is 0.161. The summed E-state index contributed by atoms with van der Waals surface area (Å²) in [5, 5.41) is 0. The number of fused-ring (bicyclic) bond motifs is 5. The van der Waals surface area contributed by atoms with Crippen LogP contribution in [0.2, 0.25) is 0 Å². The molecule has 1 aliphatic heterocycles. The maximum absolute atomic E-state index is 14.2. The highest BCUT2D eigenvalue weighted by molar-refractivity contribution is 6.14. The van der Waals surface area contributed by atoms with Crippen LogP contribution in [0, 0.1) is 0 Å². The largest absolute Gasteiger partial charge is 0.277 e. The average molecular weight is 459 g/mol. The molecule has 2 aliphatic rings. The summed E-state index contributed by atoms with van der Waals surface area (Å²) in [5.41, 5.74) is 5.35. The number of hydrogen-bond acceptors (Lipinski definition) is 3. The van der Waals surface area contributed by atoms with E-state index in [2.05, 4.69) is 41.3 Å². The second-order valence-electron chi connectivity index (χ2n) is 9.40. The molecular formula is C31H26N2O2. The van der Waals surface area contributed by atoms with E-state index < -0.39 is 5.41 Å². The molecule has 4 nitrogen and oxygen atoms in total. The zero-order chi connectivity index (χ0) is 23.8. The van der Waals surface area contributed by atoms with Crippen molar-refractivity contribution >= 4 is 11.8 Å². The first kappa shape index (κ1) is 21.5. The van der Waals surface area contributed by atoms with E-state index in [9.17, 15) is 9.59 Å². The van der Waals surface area contributed by atoms with Crippen molar-refractivity contribution < 1.29 is 9.59 Å². The van der Waals surface area contributed by atoms with Crippen molar-refractivity contribution in [3.05, 3.63) is 131 Å². The quantitative estimate of drug-likeness (QED) is 0.365. The molecule has 0 aromatic heterocycles. The minimum Gasteiger partial charge on any atom is -0.277 e. The molecule has 0 unspecified atom stereocenters. The van der Waals surface area contributed by atoms with Gasteiger partial charge in [0.25, 0.3) is 0 Å². The molecule has 172 valence electrons. The number of rotatable bonds is 6. The summed E-state index contributed by atoms with van der Waals surface area (Å²) in [6.07, 6.45) is 0.171. The Morgan fingerprint density at radius 2 is 1.09 bits per heavy atom. The van der Waals surface area contributed by atoms with Crippen LogP contribution in [-0.2, 0) is 28.1 Å². The molecule has 1 saturated heterocycles. The second kappa shape index (κ2) is 8.64. The molecule has 1 heterocycles. The van der Waals surface area contributed by atoms with Gasteiger partial charge in [0.05, 0.1) is 6.67 Å². The zero-order valence-corrected chi connectivity index (χ0v) is 19.4. The van der Waals surface area contributed by atoms with Gasteiger partial charge in [0, 0.05) is 19.5 Å². The van der Waals surface area contributed by atoms with E-state index >= 15 is 0 Å². The van der Waals surface area contributed by atoms with Gasteiger partial charge in [0.2, 0.25) is 11.8 Å². The van der Waals surface area contributed by atoms with Crippen molar-refractivity contribution in [1.29, 1.82) is 0 Å². The Labute approximate surface area is 205 Å². The Morgan fingerprint density at radius 1 is 0.629 bits per heavy atom. The minimum absolute atomic E-state index is 0.118. The SMILES string of the molecule is O=C1CC2(C(=O)N1CN(Cc1ccccc1)Cc1ccccc1)c1ccccc1-c1ccccc12. The van der Waals surface area contributed by atoms with Gasteiger partial charge in [-0.1, -0.05) is 109 Å². The highest BCUT2D eigenvalue weighted by Gasteiger charge is 2.58. The highest BCUT2D eigenvalue weighted by atomic mass is 16.2. The Morgan fingerprint density at radius 3 is 1.60 bits per heavy atom. The van der Waals surface area contributed by atoms with Gasteiger partial charge in [-0.2, -0.15) is 0 Å². The van der Waals surface area contributed by atoms with Crippen LogP contribution in [0.3, 0.4) is 0 Å². The third-order valence-corrected chi connectivity index (χ3v) is 7.23. The van der Waals surface area contributed by atoms with Crippen LogP contribution in [-0.4, -0.2) is 28.3 Å². The highest BCUT2D eigenvalue weighted by Crippen LogP contribution is 2.54. The lowest BCUT2D eigenvalue weighted by molar-refractivity contribution is -0.142. The lowest BCUT2D eigenvalue weighted by Gasteiger charge is -2.29. The second-order valence-corrected chi connectivity index (χ2v) is 9.40. The number of carbonyl (C=O) groups excluding carboxylic acids is 2. The van der Waals surface area contributed by atoms with Crippen molar-refractivity contribution in [2.75, 3.05) is 6.67 Å². The summed E-state index contributed by atoms with van der Waals surface area (Å²) in [4.78, 5) is 31.3. The average Bonchev–Trinajstić information content (AvgIpc) is 3.32. The standard InChI is InChI=1S/C31H26N2O2/c34-29-19-31(27-17-9-7-15-25(27)26-16-8-10-18-28(26)31)30(35)33(29)22-32(20-23-11-3-1-4-12-23)21-24-13-5-2-6-14-24/h1-18H,19-22H2. The predicted molar refractivity (Wildman–Crippen MR) is 136 cm³/mol. The zero-order valence-electron chi connectivity index (χ0n) is 19.4. The van der Waals surface area contributed by atoms with Crippen molar-refractivity contribution in [2.24, 2.45) is 0 Å². The molecule has 2 amide bonds. The van der Waals surface area contributed by atoms with Crippen LogP contribution in [0.15, 0.2) is 109 Å². The normalized spacial score (nSPS) is 15.6. The van der Waals surface area contributed by atoms with Crippen LogP contribution in [0.5, 0.6) is 0 Å². The summed E-state index contributed by atoms with van der Waals surface area (Å²) >= 11 is 0. The number of imide groups is 1. The Bertz CT molecular complexity index is 1310. The number of likely N-dealkylation sites (tertiary alicyclic amines) is 1. The number of benzene rings is 4. The van der Waals surface area contributed by atoms with Gasteiger partial charge in [-0.25, -0.2) is 0 Å². The fourth-order valence-corrected chi connectivity index (χ4v) is 5.67. The van der Waals surface area contributed by atoms with E-state index in [-0.39, 0.29) is 24.9 Å². The van der Waals surface area contributed by atoms with Gasteiger partial charge < -0.3 is 0 Å². The van der Waals surface area contributed by atoms with E-state index in [0.717, 1.165) is 33.4 Å². The van der Waals surface area contributed by atoms with Crippen molar-refractivity contribution in [3.63, 3.8) is 0 Å². The van der Waals surface area contributed by atoms with E-state index in [0.29, 0.717) is 13.1 Å². The topological polar surface area (TPSA) is 40.6 Å². The lowest BCUT2D eigenvalue weighted by Crippen LogP contribution is -2.44.